The molecule has 4 rings (SSSR count). The van der Waals surface area contributed by atoms with E-state index in [9.17, 15) is 4.79 Å². The topological polar surface area (TPSA) is 67.6 Å². The molecule has 0 radical (unpaired) electrons. The predicted octanol–water partition coefficient (Wildman–Crippen LogP) is 3.98. The summed E-state index contributed by atoms with van der Waals surface area (Å²) < 4.78 is 6.06. The van der Waals surface area contributed by atoms with Crippen LogP contribution in [0.15, 0.2) is 48.5 Å². The van der Waals surface area contributed by atoms with Gasteiger partial charge < -0.3 is 15.8 Å². The highest BCUT2D eigenvalue weighted by atomic mass is 35.5. The van der Waals surface area contributed by atoms with Crippen LogP contribution in [0.5, 0.6) is 5.75 Å². The number of nitrogen functional groups attached to an aromatic ring is 1. The highest BCUT2D eigenvalue weighted by molar-refractivity contribution is 6.05. The first-order valence-electron chi connectivity index (χ1n) is 8.85. The van der Waals surface area contributed by atoms with Crippen LogP contribution in [-0.2, 0) is 0 Å². The Hall–Kier alpha value is -1.95. The number of nitrogens with zero attached hydrogens (tertiary/aromatic N) is 1. The second-order valence-electron chi connectivity index (χ2n) is 6.82. The van der Waals surface area contributed by atoms with Gasteiger partial charge in [0.2, 0.25) is 0 Å². The average Bonchev–Trinajstić information content (AvgIpc) is 3.37. The third kappa shape index (κ3) is 5.28. The number of hydrogen-bond acceptors (Lipinski definition) is 4. The van der Waals surface area contributed by atoms with Crippen molar-refractivity contribution in [1.29, 1.82) is 0 Å². The molecular weight excluding hydrogens is 385 g/mol. The van der Waals surface area contributed by atoms with Crippen molar-refractivity contribution in [3.8, 4) is 5.75 Å². The minimum Gasteiger partial charge on any atom is -0.489 e. The molecule has 3 N–H and O–H groups in total. The van der Waals surface area contributed by atoms with Crippen molar-refractivity contribution >= 4 is 42.1 Å². The molecular formula is C20H25Cl2N3O2. The van der Waals surface area contributed by atoms with Crippen LogP contribution in [-0.4, -0.2) is 36.0 Å². The minimum absolute atomic E-state index is 0. The Balaban J connectivity index is 0.00000131. The quantitative estimate of drug-likeness (QED) is 0.732. The second kappa shape index (κ2) is 9.31. The molecule has 1 amide bonds. The molecule has 7 heteroatoms. The molecule has 1 heterocycles. The van der Waals surface area contributed by atoms with Crippen LogP contribution in [0.1, 0.15) is 29.6 Å². The lowest BCUT2D eigenvalue weighted by Crippen LogP contribution is -2.26. The zero-order valence-corrected chi connectivity index (χ0v) is 16.6. The maximum absolute atomic E-state index is 12.3. The molecule has 2 aromatic rings. The van der Waals surface area contributed by atoms with Crippen LogP contribution < -0.4 is 15.8 Å². The summed E-state index contributed by atoms with van der Waals surface area (Å²) in [5.41, 5.74) is 7.62. The van der Waals surface area contributed by atoms with E-state index in [1.54, 1.807) is 24.3 Å². The van der Waals surface area contributed by atoms with E-state index in [2.05, 4.69) is 10.2 Å². The number of para-hydroxylation sites is 2. The van der Waals surface area contributed by atoms with Gasteiger partial charge in [0.1, 0.15) is 11.9 Å². The Bertz CT molecular complexity index is 766. The Kier molecular flexibility index (Phi) is 7.36. The van der Waals surface area contributed by atoms with Gasteiger partial charge in [-0.3, -0.25) is 9.69 Å². The number of nitrogens with one attached hydrogen (secondary N) is 1. The largest absolute Gasteiger partial charge is 0.489 e. The molecule has 5 nitrogen and oxygen atoms in total. The number of halogens is 2. The van der Waals surface area contributed by atoms with E-state index >= 15 is 0 Å². The summed E-state index contributed by atoms with van der Waals surface area (Å²) in [6, 6.07) is 15.3. The van der Waals surface area contributed by atoms with Crippen molar-refractivity contribution < 1.29 is 9.53 Å². The van der Waals surface area contributed by atoms with Gasteiger partial charge in [-0.15, -0.1) is 24.8 Å². The monoisotopic (exact) mass is 409 g/mol. The first-order chi connectivity index (χ1) is 12.2. The van der Waals surface area contributed by atoms with Crippen LogP contribution in [0.25, 0.3) is 0 Å². The van der Waals surface area contributed by atoms with E-state index in [0.29, 0.717) is 16.9 Å². The van der Waals surface area contributed by atoms with Crippen LogP contribution in [0.4, 0.5) is 11.4 Å². The molecule has 1 saturated carbocycles. The Labute approximate surface area is 172 Å². The fourth-order valence-corrected chi connectivity index (χ4v) is 3.30. The van der Waals surface area contributed by atoms with Gasteiger partial charge in [0.15, 0.2) is 0 Å². The van der Waals surface area contributed by atoms with Crippen molar-refractivity contribution in [2.75, 3.05) is 24.1 Å². The molecule has 0 spiro atoms. The first kappa shape index (κ1) is 21.4. The summed E-state index contributed by atoms with van der Waals surface area (Å²) >= 11 is 0. The van der Waals surface area contributed by atoms with Crippen LogP contribution in [0, 0.1) is 0 Å². The third-order valence-corrected chi connectivity index (χ3v) is 4.87. The molecule has 27 heavy (non-hydrogen) atoms. The Morgan fingerprint density at radius 3 is 2.41 bits per heavy atom. The summed E-state index contributed by atoms with van der Waals surface area (Å²) in [4.78, 5) is 14.9. The zero-order valence-electron chi connectivity index (χ0n) is 15.0. The fraction of sp³-hybridized carbons (Fsp3) is 0.350. The summed E-state index contributed by atoms with van der Waals surface area (Å²) in [7, 11) is 0. The van der Waals surface area contributed by atoms with Gasteiger partial charge in [0.25, 0.3) is 5.91 Å². The van der Waals surface area contributed by atoms with Gasteiger partial charge in [-0.05, 0) is 55.7 Å². The number of hydrogen-bond donors (Lipinski definition) is 2. The van der Waals surface area contributed by atoms with E-state index in [1.165, 1.54) is 12.8 Å². The van der Waals surface area contributed by atoms with Gasteiger partial charge in [-0.25, -0.2) is 0 Å². The SMILES string of the molecule is Cl.Cl.Nc1ccccc1NC(=O)c1ccc(OC2CCN(C3CC3)C2)cc1. The number of carbonyl (C=O) groups is 1. The standard InChI is InChI=1S/C20H23N3O2.2ClH/c21-18-3-1-2-4-19(18)22-20(24)14-5-9-16(10-6-14)25-17-11-12-23(13-17)15-7-8-15;;/h1-6,9-10,15,17H,7-8,11-13,21H2,(H,22,24);2*1H. The van der Waals surface area contributed by atoms with Crippen molar-refractivity contribution in [3.63, 3.8) is 0 Å². The predicted molar refractivity (Wildman–Crippen MR) is 113 cm³/mol. The third-order valence-electron chi connectivity index (χ3n) is 4.87. The Morgan fingerprint density at radius 1 is 1.04 bits per heavy atom. The van der Waals surface area contributed by atoms with Gasteiger partial charge in [0.05, 0.1) is 11.4 Å². The second-order valence-corrected chi connectivity index (χ2v) is 6.82. The lowest BCUT2D eigenvalue weighted by atomic mass is 10.2. The first-order valence-corrected chi connectivity index (χ1v) is 8.85. The van der Waals surface area contributed by atoms with Crippen LogP contribution in [0.2, 0.25) is 0 Å². The van der Waals surface area contributed by atoms with Gasteiger partial charge in [-0.2, -0.15) is 0 Å². The summed E-state index contributed by atoms with van der Waals surface area (Å²) in [5, 5.41) is 2.83. The number of anilines is 2. The van der Waals surface area contributed by atoms with E-state index < -0.39 is 0 Å². The molecule has 1 atom stereocenters. The number of amides is 1. The number of benzene rings is 2. The Morgan fingerprint density at radius 2 is 1.74 bits per heavy atom. The maximum Gasteiger partial charge on any atom is 0.255 e. The molecule has 0 bridgehead atoms. The lowest BCUT2D eigenvalue weighted by molar-refractivity contribution is 0.102. The summed E-state index contributed by atoms with van der Waals surface area (Å²) in [6.07, 6.45) is 4.00. The molecule has 2 aromatic carbocycles. The zero-order chi connectivity index (χ0) is 17.2. The van der Waals surface area contributed by atoms with Gasteiger partial charge in [-0.1, -0.05) is 12.1 Å². The molecule has 0 aromatic heterocycles. The molecule has 146 valence electrons. The number of nitrogens with two attached hydrogens (primary N) is 1. The average molecular weight is 410 g/mol. The molecule has 2 fully saturated rings. The van der Waals surface area contributed by atoms with E-state index in [1.807, 2.05) is 24.3 Å². The molecule has 1 aliphatic heterocycles. The maximum atomic E-state index is 12.3. The highest BCUT2D eigenvalue weighted by Crippen LogP contribution is 2.31. The fourth-order valence-electron chi connectivity index (χ4n) is 3.30. The van der Waals surface area contributed by atoms with Gasteiger partial charge >= 0.3 is 0 Å². The van der Waals surface area contributed by atoms with Crippen molar-refractivity contribution in [1.82, 2.24) is 4.90 Å². The number of rotatable bonds is 5. The summed E-state index contributed by atoms with van der Waals surface area (Å²) in [6.45, 7) is 2.15. The highest BCUT2D eigenvalue weighted by Gasteiger charge is 2.35. The van der Waals surface area contributed by atoms with E-state index in [0.717, 1.165) is 31.3 Å². The number of ether oxygens (including phenoxy) is 1. The van der Waals surface area contributed by atoms with Gasteiger partial charge in [0, 0.05) is 24.7 Å². The number of likely N-dealkylation sites (tertiary alicyclic amines) is 1. The smallest absolute Gasteiger partial charge is 0.255 e. The van der Waals surface area contributed by atoms with Crippen molar-refractivity contribution in [3.05, 3.63) is 54.1 Å². The van der Waals surface area contributed by atoms with Crippen LogP contribution >= 0.6 is 24.8 Å². The lowest BCUT2D eigenvalue weighted by Gasteiger charge is -2.16. The van der Waals surface area contributed by atoms with Crippen molar-refractivity contribution in [2.45, 2.75) is 31.4 Å². The van der Waals surface area contributed by atoms with E-state index in [-0.39, 0.29) is 36.8 Å². The molecule has 1 saturated heterocycles. The van der Waals surface area contributed by atoms with E-state index in [4.69, 9.17) is 10.5 Å². The summed E-state index contributed by atoms with van der Waals surface area (Å²) in [5.74, 6) is 0.642. The molecule has 1 aliphatic carbocycles. The normalized spacial score (nSPS) is 18.9. The van der Waals surface area contributed by atoms with Crippen LogP contribution in [0.3, 0.4) is 0 Å². The minimum atomic E-state index is -0.176. The molecule has 2 aliphatic rings. The molecule has 1 unspecified atom stereocenters. The number of carbonyl (C=O) groups excluding carboxylic acids is 1. The van der Waals surface area contributed by atoms with Crippen molar-refractivity contribution in [2.24, 2.45) is 0 Å².